The Hall–Kier alpha value is -5.17. The molecule has 2 aliphatic heterocycles. The number of esters is 8. The summed E-state index contributed by atoms with van der Waals surface area (Å²) in [5.41, 5.74) is -9.87. The molecule has 19 heteroatoms. The molecule has 4 aliphatic rings. The molecular formula is C38H47NO18. The quantitative estimate of drug-likeness (QED) is 0.296. The third-order valence-electron chi connectivity index (χ3n) is 11.1. The maximum Gasteiger partial charge on any atom is 0.340 e. The highest BCUT2D eigenvalue weighted by atomic mass is 16.7. The molecule has 2 saturated carbocycles. The highest BCUT2D eigenvalue weighted by Gasteiger charge is 2.92. The van der Waals surface area contributed by atoms with Gasteiger partial charge in [0.25, 0.3) is 0 Å². The lowest BCUT2D eigenvalue weighted by Gasteiger charge is -2.67. The second kappa shape index (κ2) is 15.6. The molecule has 5 rings (SSSR count). The molecule has 1 N–H and O–H groups in total. The Balaban J connectivity index is 1.99. The zero-order valence-corrected chi connectivity index (χ0v) is 33.0. The van der Waals surface area contributed by atoms with E-state index in [-0.39, 0.29) is 24.1 Å². The summed E-state index contributed by atoms with van der Waals surface area (Å²) < 4.78 is 54.2. The van der Waals surface area contributed by atoms with Crippen LogP contribution in [0.1, 0.15) is 84.8 Å². The van der Waals surface area contributed by atoms with E-state index in [1.54, 1.807) is 0 Å². The van der Waals surface area contributed by atoms with Crippen LogP contribution < -0.4 is 0 Å². The van der Waals surface area contributed by atoms with Gasteiger partial charge in [-0.15, -0.1) is 0 Å². The summed E-state index contributed by atoms with van der Waals surface area (Å²) in [4.78, 5) is 111. The molecule has 1 aromatic rings. The number of hydrogen-bond donors (Lipinski definition) is 1. The van der Waals surface area contributed by atoms with Crippen LogP contribution in [0.2, 0.25) is 0 Å². The zero-order chi connectivity index (χ0) is 42.4. The molecule has 3 fully saturated rings. The molecular weight excluding hydrogens is 758 g/mol. The summed E-state index contributed by atoms with van der Waals surface area (Å²) in [6.45, 7) is 8.15. The topological polar surface area (TPSA) is 253 Å². The third kappa shape index (κ3) is 7.30. The number of aromatic nitrogens is 1. The summed E-state index contributed by atoms with van der Waals surface area (Å²) in [7, 11) is 0. The fourth-order valence-electron chi connectivity index (χ4n) is 9.16. The molecule has 1 saturated heterocycles. The van der Waals surface area contributed by atoms with E-state index in [0.29, 0.717) is 0 Å². The molecule has 0 unspecified atom stereocenters. The van der Waals surface area contributed by atoms with Crippen molar-refractivity contribution in [2.75, 3.05) is 13.2 Å². The summed E-state index contributed by atoms with van der Waals surface area (Å²) in [6, 6.07) is 2.95. The normalized spacial score (nSPS) is 37.1. The van der Waals surface area contributed by atoms with Crippen molar-refractivity contribution in [3.8, 4) is 0 Å². The molecule has 0 radical (unpaired) electrons. The van der Waals surface area contributed by atoms with Gasteiger partial charge in [-0.05, 0) is 38.8 Å². The van der Waals surface area contributed by atoms with Crippen LogP contribution >= 0.6 is 0 Å². The van der Waals surface area contributed by atoms with Gasteiger partial charge >= 0.3 is 47.8 Å². The molecule has 0 aromatic carbocycles. The number of hydrogen-bond acceptors (Lipinski definition) is 19. The SMILES string of the molecule is CC(=O)OC[C@]12[C@H](OC(C)=O)[C@@H](OC(C)=O)[C@H]3OC(=O)[C@@H](C)CCc4ncccc4C(=O)OC[C@@]4(C)O[C@@]1([C@@H](OC(C)=O)[C@H]4[C@H](OC(C)=O)[C@@H]2OC(C)=O)[C@@]3(C)O. The smallest absolute Gasteiger partial charge is 0.340 e. The number of cyclic esters (lactones) is 1. The van der Waals surface area contributed by atoms with Crippen LogP contribution in [0.4, 0.5) is 0 Å². The first-order valence-electron chi connectivity index (χ1n) is 18.3. The Morgan fingerprint density at radius 3 is 1.91 bits per heavy atom. The van der Waals surface area contributed by atoms with Crippen molar-refractivity contribution in [2.45, 2.75) is 129 Å². The molecule has 2 aliphatic carbocycles. The molecule has 57 heavy (non-hydrogen) atoms. The number of ether oxygens (including phenoxy) is 9. The summed E-state index contributed by atoms with van der Waals surface area (Å²) >= 11 is 0. The monoisotopic (exact) mass is 805 g/mol. The van der Waals surface area contributed by atoms with Crippen LogP contribution in [0, 0.1) is 17.3 Å². The minimum absolute atomic E-state index is 0.0290. The standard InChI is InChI=1S/C38H47NO18/c1-17-12-13-25-24(11-10-14-39-25)34(47)50-15-35(8)26-27(51-19(3)41)31(54-22(6)44)37(16-49-18(2)40)32(55-23(7)45)28(52-20(4)42)30(56-33(17)46)36(9,48)38(37,57-35)29(26)53-21(5)43/h10-11,14,17,26-32,48H,12-13,15-16H2,1-9H3/t17-,26+,27-,28-,29-,30+,31-,32+,35+,36-,37-,38-/m0/s1. The van der Waals surface area contributed by atoms with Gasteiger partial charge in [-0.3, -0.25) is 38.5 Å². The number of fused-ring (bicyclic) bond motifs is 5. The average molecular weight is 806 g/mol. The summed E-state index contributed by atoms with van der Waals surface area (Å²) in [6.07, 6.45) is -10.3. The second-order valence-electron chi connectivity index (χ2n) is 15.3. The van der Waals surface area contributed by atoms with E-state index in [2.05, 4.69) is 4.98 Å². The van der Waals surface area contributed by atoms with Gasteiger partial charge in [-0.2, -0.15) is 0 Å². The van der Waals surface area contributed by atoms with Crippen LogP contribution in [-0.2, 0) is 82.6 Å². The van der Waals surface area contributed by atoms with Crippen molar-refractivity contribution in [1.29, 1.82) is 0 Å². The van der Waals surface area contributed by atoms with Gasteiger partial charge in [0.05, 0.1) is 23.1 Å². The molecule has 0 amide bonds. The number of pyridine rings is 1. The largest absolute Gasteiger partial charge is 0.465 e. The van der Waals surface area contributed by atoms with Crippen molar-refractivity contribution in [2.24, 2.45) is 17.3 Å². The van der Waals surface area contributed by atoms with Crippen molar-refractivity contribution >= 4 is 47.8 Å². The predicted molar refractivity (Wildman–Crippen MR) is 185 cm³/mol. The van der Waals surface area contributed by atoms with Crippen LogP contribution in [0.5, 0.6) is 0 Å². The number of carbonyl (C=O) groups excluding carboxylic acids is 8. The van der Waals surface area contributed by atoms with Gasteiger partial charge < -0.3 is 47.7 Å². The number of nitrogens with zero attached hydrogens (tertiary/aromatic N) is 1. The Morgan fingerprint density at radius 2 is 1.35 bits per heavy atom. The minimum atomic E-state index is -2.80. The summed E-state index contributed by atoms with van der Waals surface area (Å²) in [5, 5.41) is 13.4. The third-order valence-corrected chi connectivity index (χ3v) is 11.1. The van der Waals surface area contributed by atoms with Crippen LogP contribution in [0.15, 0.2) is 18.3 Å². The molecule has 12 atom stereocenters. The van der Waals surface area contributed by atoms with E-state index in [1.165, 1.54) is 32.2 Å². The van der Waals surface area contributed by atoms with Gasteiger partial charge in [-0.25, -0.2) is 4.79 Å². The van der Waals surface area contributed by atoms with E-state index < -0.39 is 132 Å². The predicted octanol–water partition coefficient (Wildman–Crippen LogP) is 0.863. The molecule has 3 heterocycles. The Kier molecular flexibility index (Phi) is 11.8. The van der Waals surface area contributed by atoms with Crippen LogP contribution in [-0.4, -0.2) is 124 Å². The van der Waals surface area contributed by atoms with E-state index in [0.717, 1.165) is 48.5 Å². The Labute approximate surface area is 327 Å². The minimum Gasteiger partial charge on any atom is -0.465 e. The van der Waals surface area contributed by atoms with Gasteiger partial charge in [0.15, 0.2) is 30.0 Å². The Bertz CT molecular complexity index is 1840. The number of aryl methyl sites for hydroxylation is 1. The molecule has 19 nitrogen and oxygen atoms in total. The lowest BCUT2D eigenvalue weighted by molar-refractivity contribution is -0.386. The first kappa shape index (κ1) is 43.0. The maximum atomic E-state index is 14.1. The van der Waals surface area contributed by atoms with Crippen molar-refractivity contribution in [3.63, 3.8) is 0 Å². The van der Waals surface area contributed by atoms with Gasteiger partial charge in [0, 0.05) is 47.7 Å². The number of carbonyl (C=O) groups is 8. The summed E-state index contributed by atoms with van der Waals surface area (Å²) in [5.74, 6) is -10.5. The lowest BCUT2D eigenvalue weighted by atomic mass is 9.45. The number of aliphatic hydroxyl groups is 1. The average Bonchev–Trinajstić information content (AvgIpc) is 3.32. The van der Waals surface area contributed by atoms with E-state index in [4.69, 9.17) is 42.6 Å². The maximum absolute atomic E-state index is 14.1. The van der Waals surface area contributed by atoms with Gasteiger partial charge in [0.1, 0.15) is 42.0 Å². The molecule has 4 bridgehead atoms. The molecule has 1 aromatic heterocycles. The fraction of sp³-hybridized carbons (Fsp3) is 0.658. The first-order valence-corrected chi connectivity index (χ1v) is 18.3. The number of rotatable bonds is 7. The second-order valence-corrected chi connectivity index (χ2v) is 15.3. The highest BCUT2D eigenvalue weighted by molar-refractivity contribution is 5.90. The Morgan fingerprint density at radius 1 is 0.807 bits per heavy atom. The fourth-order valence-corrected chi connectivity index (χ4v) is 9.16. The van der Waals surface area contributed by atoms with E-state index in [1.807, 2.05) is 0 Å². The van der Waals surface area contributed by atoms with Crippen LogP contribution in [0.25, 0.3) is 0 Å². The zero-order valence-electron chi connectivity index (χ0n) is 33.0. The highest BCUT2D eigenvalue weighted by Crippen LogP contribution is 2.70. The first-order chi connectivity index (χ1) is 26.5. The van der Waals surface area contributed by atoms with E-state index in [9.17, 15) is 43.5 Å². The van der Waals surface area contributed by atoms with Gasteiger partial charge in [0.2, 0.25) is 0 Å². The molecule has 1 spiro atoms. The van der Waals surface area contributed by atoms with Crippen LogP contribution in [0.3, 0.4) is 0 Å². The molecule has 312 valence electrons. The van der Waals surface area contributed by atoms with Gasteiger partial charge in [-0.1, -0.05) is 6.92 Å². The van der Waals surface area contributed by atoms with Crippen molar-refractivity contribution in [1.82, 2.24) is 4.98 Å². The lowest BCUT2D eigenvalue weighted by Crippen LogP contribution is -2.89. The van der Waals surface area contributed by atoms with E-state index >= 15 is 0 Å². The van der Waals surface area contributed by atoms with Crippen molar-refractivity contribution < 1.29 is 86.1 Å². The van der Waals surface area contributed by atoms with Crippen molar-refractivity contribution in [3.05, 3.63) is 29.6 Å².